The van der Waals surface area contributed by atoms with Crippen LogP contribution in [0.2, 0.25) is 0 Å². The minimum atomic E-state index is -3.71. The van der Waals surface area contributed by atoms with Crippen LogP contribution in [-0.2, 0) is 33.3 Å². The molecule has 8 saturated carbocycles. The van der Waals surface area contributed by atoms with Crippen LogP contribution in [0, 0.1) is 35.5 Å². The minimum absolute atomic E-state index is 0.0130. The van der Waals surface area contributed by atoms with Crippen LogP contribution in [0.25, 0.3) is 0 Å². The van der Waals surface area contributed by atoms with Crippen LogP contribution >= 0.6 is 0 Å². The zero-order chi connectivity index (χ0) is 28.7. The van der Waals surface area contributed by atoms with Crippen molar-refractivity contribution < 1.29 is 47.2 Å². The predicted octanol–water partition coefficient (Wildman–Crippen LogP) is 4.35. The highest BCUT2D eigenvalue weighted by Crippen LogP contribution is 2.63. The van der Waals surface area contributed by atoms with Crippen molar-refractivity contribution in [2.45, 2.75) is 120 Å². The molecule has 8 aliphatic carbocycles. The van der Waals surface area contributed by atoms with Gasteiger partial charge in [-0.15, -0.1) is 0 Å². The van der Waals surface area contributed by atoms with Gasteiger partial charge in [0.15, 0.2) is 6.61 Å². The molecule has 8 fully saturated rings. The van der Waals surface area contributed by atoms with Gasteiger partial charge in [0.05, 0.1) is 11.2 Å². The smallest absolute Gasteiger partial charge is 0.377 e. The monoisotopic (exact) mass is 568 g/mol. The van der Waals surface area contributed by atoms with Crippen LogP contribution < -0.4 is 0 Å². The lowest BCUT2D eigenvalue weighted by Gasteiger charge is -2.63. The number of hydrogen-bond donors (Lipinski definition) is 1. The van der Waals surface area contributed by atoms with Crippen LogP contribution in [0.15, 0.2) is 0 Å². The number of alkyl halides is 2. The molecular formula is C30H42F2O8. The molecule has 8 nitrogen and oxygen atoms in total. The maximum absolute atomic E-state index is 13.4. The quantitative estimate of drug-likeness (QED) is 0.323. The first-order valence-electron chi connectivity index (χ1n) is 15.0. The zero-order valence-corrected chi connectivity index (χ0v) is 23.7. The Kier molecular flexibility index (Phi) is 6.62. The molecule has 0 aromatic heterocycles. The molecule has 4 unspecified atom stereocenters. The summed E-state index contributed by atoms with van der Waals surface area (Å²) in [4.78, 5) is 37.3. The van der Waals surface area contributed by atoms with E-state index in [1.165, 1.54) is 6.42 Å². The SMILES string of the molecule is CC(C)C1(OC(=O)COC23CC4CC(O)(C2)CC(OC(=O)COC(=O)C(C)(F)F)(C4)C3)C2CC3CC(C2)CC1C3. The molecule has 4 atom stereocenters. The fraction of sp³-hybridized carbons (Fsp3) is 0.900. The Labute approximate surface area is 233 Å². The second-order valence-corrected chi connectivity index (χ2v) is 14.6. The van der Waals surface area contributed by atoms with Crippen molar-refractivity contribution in [1.82, 2.24) is 0 Å². The second-order valence-electron chi connectivity index (χ2n) is 14.6. The van der Waals surface area contributed by atoms with Crippen molar-refractivity contribution in [2.75, 3.05) is 13.2 Å². The maximum Gasteiger partial charge on any atom is 0.377 e. The molecule has 8 rings (SSSR count). The molecule has 8 bridgehead atoms. The molecule has 0 aromatic rings. The van der Waals surface area contributed by atoms with Gasteiger partial charge in [-0.1, -0.05) is 13.8 Å². The van der Waals surface area contributed by atoms with E-state index in [0.29, 0.717) is 44.4 Å². The summed E-state index contributed by atoms with van der Waals surface area (Å²) >= 11 is 0. The average molecular weight is 569 g/mol. The van der Waals surface area contributed by atoms with Gasteiger partial charge in [-0.2, -0.15) is 8.78 Å². The van der Waals surface area contributed by atoms with E-state index in [1.54, 1.807) is 0 Å². The topological polar surface area (TPSA) is 108 Å². The Morgan fingerprint density at radius 1 is 0.825 bits per heavy atom. The molecular weight excluding hydrogens is 526 g/mol. The molecule has 10 heteroatoms. The van der Waals surface area contributed by atoms with E-state index in [9.17, 15) is 28.3 Å². The van der Waals surface area contributed by atoms with Gasteiger partial charge in [-0.25, -0.2) is 14.4 Å². The highest BCUT2D eigenvalue weighted by atomic mass is 19.3. The zero-order valence-electron chi connectivity index (χ0n) is 23.7. The third-order valence-corrected chi connectivity index (χ3v) is 11.1. The van der Waals surface area contributed by atoms with E-state index in [-0.39, 0.29) is 37.3 Å². The third kappa shape index (κ3) is 4.84. The van der Waals surface area contributed by atoms with Gasteiger partial charge in [-0.3, -0.25) is 0 Å². The Morgan fingerprint density at radius 2 is 1.40 bits per heavy atom. The number of carbonyl (C=O) groups excluding carboxylic acids is 3. The summed E-state index contributed by atoms with van der Waals surface area (Å²) < 4.78 is 49.1. The maximum atomic E-state index is 13.4. The van der Waals surface area contributed by atoms with Crippen molar-refractivity contribution in [3.63, 3.8) is 0 Å². The Balaban J connectivity index is 1.12. The number of hydrogen-bond acceptors (Lipinski definition) is 8. The first-order chi connectivity index (χ1) is 18.6. The molecule has 40 heavy (non-hydrogen) atoms. The number of aliphatic hydroxyl groups is 1. The molecule has 0 saturated heterocycles. The van der Waals surface area contributed by atoms with Crippen LogP contribution in [0.3, 0.4) is 0 Å². The Bertz CT molecular complexity index is 1040. The van der Waals surface area contributed by atoms with E-state index in [2.05, 4.69) is 18.6 Å². The van der Waals surface area contributed by atoms with Crippen molar-refractivity contribution in [3.8, 4) is 0 Å². The van der Waals surface area contributed by atoms with Crippen LogP contribution in [0.1, 0.15) is 91.4 Å². The van der Waals surface area contributed by atoms with E-state index < -0.39 is 46.9 Å². The highest BCUT2D eigenvalue weighted by Gasteiger charge is 2.66. The van der Waals surface area contributed by atoms with Gasteiger partial charge in [-0.05, 0) is 86.9 Å². The number of halogens is 2. The van der Waals surface area contributed by atoms with E-state index >= 15 is 0 Å². The average Bonchev–Trinajstić information content (AvgIpc) is 2.80. The molecule has 0 heterocycles. The molecule has 224 valence electrons. The molecule has 0 amide bonds. The molecule has 0 radical (unpaired) electrons. The number of rotatable bonds is 9. The van der Waals surface area contributed by atoms with Crippen LogP contribution in [0.5, 0.6) is 0 Å². The normalized spacial score (nSPS) is 44.6. The predicted molar refractivity (Wildman–Crippen MR) is 136 cm³/mol. The van der Waals surface area contributed by atoms with E-state index in [1.807, 2.05) is 0 Å². The number of carbonyl (C=O) groups is 3. The first kappa shape index (κ1) is 28.3. The fourth-order valence-electron chi connectivity index (χ4n) is 10.6. The van der Waals surface area contributed by atoms with Crippen molar-refractivity contribution >= 4 is 17.9 Å². The molecule has 1 N–H and O–H groups in total. The van der Waals surface area contributed by atoms with Gasteiger partial charge in [0.25, 0.3) is 0 Å². The van der Waals surface area contributed by atoms with E-state index in [0.717, 1.165) is 37.5 Å². The Morgan fingerprint density at radius 3 is 1.98 bits per heavy atom. The highest BCUT2D eigenvalue weighted by molar-refractivity contribution is 5.80. The van der Waals surface area contributed by atoms with Gasteiger partial charge in [0, 0.05) is 26.2 Å². The lowest BCUT2D eigenvalue weighted by Crippen LogP contribution is -2.68. The summed E-state index contributed by atoms with van der Waals surface area (Å²) in [5, 5.41) is 11.4. The lowest BCUT2D eigenvalue weighted by atomic mass is 9.47. The Hall–Kier alpha value is -1.81. The van der Waals surface area contributed by atoms with Crippen molar-refractivity contribution in [3.05, 3.63) is 0 Å². The minimum Gasteiger partial charge on any atom is -0.456 e. The van der Waals surface area contributed by atoms with Crippen molar-refractivity contribution in [2.24, 2.45) is 35.5 Å². The van der Waals surface area contributed by atoms with E-state index in [4.69, 9.17) is 14.2 Å². The first-order valence-corrected chi connectivity index (χ1v) is 15.0. The number of ether oxygens (including phenoxy) is 4. The van der Waals surface area contributed by atoms with Gasteiger partial charge < -0.3 is 24.1 Å². The van der Waals surface area contributed by atoms with Crippen molar-refractivity contribution in [1.29, 1.82) is 0 Å². The summed E-state index contributed by atoms with van der Waals surface area (Å²) in [5.74, 6) is -4.36. The van der Waals surface area contributed by atoms with Gasteiger partial charge >= 0.3 is 23.8 Å². The second kappa shape index (κ2) is 9.35. The third-order valence-electron chi connectivity index (χ3n) is 11.1. The fourth-order valence-corrected chi connectivity index (χ4v) is 10.6. The van der Waals surface area contributed by atoms with Crippen LogP contribution in [-0.4, -0.2) is 64.6 Å². The summed E-state index contributed by atoms with van der Waals surface area (Å²) in [6.07, 6.45) is 8.26. The lowest BCUT2D eigenvalue weighted by molar-refractivity contribution is -0.278. The number of esters is 3. The summed E-state index contributed by atoms with van der Waals surface area (Å²) in [6.45, 7) is 3.53. The summed E-state index contributed by atoms with van der Waals surface area (Å²) in [5.41, 5.74) is -3.53. The van der Waals surface area contributed by atoms with Gasteiger partial charge in [0.2, 0.25) is 0 Å². The molecule has 8 aliphatic rings. The molecule has 0 aliphatic heterocycles. The standard InChI is InChI=1S/C30H42F2O8/c1-17(2)30(21-5-18-4-19(7-21)8-22(30)6-18)40-24(34)13-38-28-10-20-9-27(36,14-28)15-29(11-20,16-28)39-23(33)12-37-25(35)26(3,31)32/h17-22,36H,4-16H2,1-3H3. The molecule has 0 aromatic carbocycles. The van der Waals surface area contributed by atoms with Crippen LogP contribution in [0.4, 0.5) is 8.78 Å². The summed E-state index contributed by atoms with van der Waals surface area (Å²) in [6, 6.07) is 0. The van der Waals surface area contributed by atoms with Gasteiger partial charge in [0.1, 0.15) is 17.8 Å². The largest absolute Gasteiger partial charge is 0.456 e. The molecule has 0 spiro atoms. The summed E-state index contributed by atoms with van der Waals surface area (Å²) in [7, 11) is 0.